The molecule has 4 rings (SSSR count). The molecule has 35 heavy (non-hydrogen) atoms. The lowest BCUT2D eigenvalue weighted by Gasteiger charge is -2.21. The number of carbonyl (C=O) groups is 2. The van der Waals surface area contributed by atoms with Gasteiger partial charge in [-0.1, -0.05) is 15.9 Å². The van der Waals surface area contributed by atoms with Crippen molar-refractivity contribution in [2.75, 3.05) is 0 Å². The van der Waals surface area contributed by atoms with Crippen molar-refractivity contribution in [2.45, 2.75) is 51.2 Å². The van der Waals surface area contributed by atoms with Crippen LogP contribution in [0.1, 0.15) is 60.7 Å². The van der Waals surface area contributed by atoms with Gasteiger partial charge in [-0.2, -0.15) is 4.68 Å². The Hall–Kier alpha value is -3.42. The Morgan fingerprint density at radius 3 is 2.66 bits per heavy atom. The lowest BCUT2D eigenvalue weighted by molar-refractivity contribution is -0.274. The molecule has 1 saturated carbocycles. The Morgan fingerprint density at radius 1 is 1.31 bits per heavy atom. The predicted octanol–water partition coefficient (Wildman–Crippen LogP) is 2.87. The number of nitrogens with zero attached hydrogens (tertiary/aromatic N) is 4. The number of aliphatic imine (C=N–C) groups is 1. The Labute approximate surface area is 205 Å². The number of nitrogens with one attached hydrogen (secondary N) is 2. The summed E-state index contributed by atoms with van der Waals surface area (Å²) in [5.74, 6) is -0.440. The summed E-state index contributed by atoms with van der Waals surface area (Å²) in [5, 5.41) is 10.1. The number of nitrogens with two attached hydrogens (primary N) is 1. The third-order valence-corrected chi connectivity index (χ3v) is 5.60. The first-order valence-electron chi connectivity index (χ1n) is 10.6. The van der Waals surface area contributed by atoms with Gasteiger partial charge in [-0.05, 0) is 44.9 Å². The molecule has 0 bridgehead atoms. The molecule has 1 aliphatic carbocycles. The van der Waals surface area contributed by atoms with E-state index in [4.69, 9.17) is 5.73 Å². The molecule has 0 radical (unpaired) electrons. The van der Waals surface area contributed by atoms with Crippen LogP contribution in [0.3, 0.4) is 0 Å². The summed E-state index contributed by atoms with van der Waals surface area (Å²) in [6.07, 6.45) is -2.06. The van der Waals surface area contributed by atoms with Crippen LogP contribution in [0.25, 0.3) is 0 Å². The number of carbonyl (C=O) groups excluding carboxylic acids is 2. The van der Waals surface area contributed by atoms with Crippen molar-refractivity contribution >= 4 is 33.6 Å². The van der Waals surface area contributed by atoms with Crippen LogP contribution >= 0.6 is 15.9 Å². The molecule has 2 atom stereocenters. The summed E-state index contributed by atoms with van der Waals surface area (Å²) in [6, 6.07) is 2.74. The molecule has 186 valence electrons. The summed E-state index contributed by atoms with van der Waals surface area (Å²) in [4.78, 5) is 33.6. The maximum Gasteiger partial charge on any atom is 0.573 e. The van der Waals surface area contributed by atoms with E-state index in [1.807, 2.05) is 0 Å². The molecule has 0 spiro atoms. The van der Waals surface area contributed by atoms with Gasteiger partial charge in [0, 0.05) is 22.0 Å². The summed E-state index contributed by atoms with van der Waals surface area (Å²) in [6.45, 7) is 3.39. The van der Waals surface area contributed by atoms with Gasteiger partial charge in [0.05, 0.1) is 6.04 Å². The quantitative estimate of drug-likeness (QED) is 0.501. The molecule has 1 aromatic carbocycles. The summed E-state index contributed by atoms with van der Waals surface area (Å²) >= 11 is 3.09. The maximum atomic E-state index is 12.9. The highest BCUT2D eigenvalue weighted by atomic mass is 79.9. The van der Waals surface area contributed by atoms with E-state index in [0.717, 1.165) is 25.0 Å². The van der Waals surface area contributed by atoms with Crippen molar-refractivity contribution in [1.29, 1.82) is 0 Å². The van der Waals surface area contributed by atoms with Gasteiger partial charge in [-0.15, -0.1) is 18.3 Å². The summed E-state index contributed by atoms with van der Waals surface area (Å²) in [5.41, 5.74) is 5.51. The number of primary amides is 1. The molecular weight excluding hydrogens is 535 g/mol. The van der Waals surface area contributed by atoms with Crippen LogP contribution in [0, 0.1) is 0 Å². The number of alkyl halides is 3. The van der Waals surface area contributed by atoms with Crippen molar-refractivity contribution < 1.29 is 27.5 Å². The number of hydrogen-bond acceptors (Lipinski definition) is 7. The van der Waals surface area contributed by atoms with Crippen LogP contribution in [-0.4, -0.2) is 44.9 Å². The van der Waals surface area contributed by atoms with Crippen LogP contribution in [0.15, 0.2) is 39.4 Å². The lowest BCUT2D eigenvalue weighted by Crippen LogP contribution is -2.38. The van der Waals surface area contributed by atoms with Crippen molar-refractivity contribution in [1.82, 2.24) is 25.4 Å². The Morgan fingerprint density at radius 2 is 2.03 bits per heavy atom. The van der Waals surface area contributed by atoms with E-state index in [1.54, 1.807) is 13.8 Å². The molecule has 2 heterocycles. The Bertz CT molecular complexity index is 1240. The Kier molecular flexibility index (Phi) is 6.58. The van der Waals surface area contributed by atoms with E-state index < -0.39 is 36.1 Å². The van der Waals surface area contributed by atoms with Gasteiger partial charge in [0.25, 0.3) is 11.8 Å². The molecule has 2 amide bonds. The molecule has 1 unspecified atom stereocenters. The van der Waals surface area contributed by atoms with Crippen LogP contribution in [0.5, 0.6) is 5.75 Å². The van der Waals surface area contributed by atoms with Gasteiger partial charge in [0.2, 0.25) is 0 Å². The average Bonchev–Trinajstić information content (AvgIpc) is 3.49. The van der Waals surface area contributed by atoms with Crippen LogP contribution in [0.4, 0.5) is 13.2 Å². The number of hydrogen-bond donors (Lipinski definition) is 3. The highest BCUT2D eigenvalue weighted by molar-refractivity contribution is 9.10. The van der Waals surface area contributed by atoms with Gasteiger partial charge in [0.15, 0.2) is 17.5 Å². The molecule has 10 nitrogen and oxygen atoms in total. The second kappa shape index (κ2) is 9.32. The minimum atomic E-state index is -4.90. The Balaban J connectivity index is 1.62. The molecule has 2 aromatic rings. The fourth-order valence-corrected chi connectivity index (χ4v) is 3.93. The number of amides is 2. The minimum absolute atomic E-state index is 0.0531. The molecule has 1 aliphatic heterocycles. The monoisotopic (exact) mass is 555 g/mol. The largest absolute Gasteiger partial charge is 0.573 e. The second-order valence-corrected chi connectivity index (χ2v) is 9.08. The molecule has 1 aromatic heterocycles. The van der Waals surface area contributed by atoms with Crippen LogP contribution in [-0.2, 0) is 4.79 Å². The third-order valence-electron chi connectivity index (χ3n) is 5.14. The highest BCUT2D eigenvalue weighted by Crippen LogP contribution is 2.38. The zero-order chi connectivity index (χ0) is 25.5. The minimum Gasteiger partial charge on any atom is -0.406 e. The van der Waals surface area contributed by atoms with E-state index in [0.29, 0.717) is 17.5 Å². The van der Waals surface area contributed by atoms with Crippen molar-refractivity contribution in [2.24, 2.45) is 10.7 Å². The van der Waals surface area contributed by atoms with E-state index >= 15 is 0 Å². The molecular formula is C21H21BrF3N7O3. The van der Waals surface area contributed by atoms with E-state index in [9.17, 15) is 22.8 Å². The first-order chi connectivity index (χ1) is 16.4. The maximum absolute atomic E-state index is 12.9. The van der Waals surface area contributed by atoms with E-state index in [1.165, 1.54) is 16.8 Å². The van der Waals surface area contributed by atoms with E-state index in [2.05, 4.69) is 46.4 Å². The third kappa shape index (κ3) is 5.99. The van der Waals surface area contributed by atoms with Crippen LogP contribution < -0.4 is 21.1 Å². The van der Waals surface area contributed by atoms with Crippen molar-refractivity contribution in [3.05, 3.63) is 51.7 Å². The van der Waals surface area contributed by atoms with Gasteiger partial charge in [-0.25, -0.2) is 9.98 Å². The average molecular weight is 556 g/mol. The normalized spacial score (nSPS) is 18.7. The van der Waals surface area contributed by atoms with E-state index in [-0.39, 0.29) is 21.7 Å². The zero-order valence-electron chi connectivity index (χ0n) is 18.6. The topological polar surface area (TPSA) is 137 Å². The van der Waals surface area contributed by atoms with Gasteiger partial charge in [-0.3, -0.25) is 9.59 Å². The van der Waals surface area contributed by atoms with Gasteiger partial charge in [0.1, 0.15) is 17.6 Å². The second-order valence-electron chi connectivity index (χ2n) is 8.16. The first-order valence-corrected chi connectivity index (χ1v) is 11.4. The number of halogens is 4. The molecule has 2 aliphatic rings. The first kappa shape index (κ1) is 24.7. The van der Waals surface area contributed by atoms with Crippen LogP contribution in [0.2, 0.25) is 0 Å². The smallest absolute Gasteiger partial charge is 0.406 e. The molecule has 0 saturated heterocycles. The molecule has 1 fully saturated rings. The lowest BCUT2D eigenvalue weighted by atomic mass is 10.2. The number of benzene rings is 1. The number of aromatic nitrogens is 3. The number of ether oxygens (including phenoxy) is 1. The molecule has 14 heteroatoms. The zero-order valence-corrected chi connectivity index (χ0v) is 20.1. The number of allylic oxidation sites excluding steroid dienone is 1. The van der Waals surface area contributed by atoms with Gasteiger partial charge < -0.3 is 21.1 Å². The summed E-state index contributed by atoms with van der Waals surface area (Å²) in [7, 11) is 0. The highest BCUT2D eigenvalue weighted by Gasteiger charge is 2.33. The summed E-state index contributed by atoms with van der Waals surface area (Å²) < 4.78 is 43.5. The fraction of sp³-hybridized carbons (Fsp3) is 0.381. The molecule has 4 N–H and O–H groups in total. The predicted molar refractivity (Wildman–Crippen MR) is 121 cm³/mol. The SMILES string of the molecule is CC1N=C(n2nc(C3CC3)nc2[C@H](C)NC(=O)c2cc(Br)cc(OC(F)(F)F)c2)C=C(C(N)=O)N1. The fourth-order valence-electron chi connectivity index (χ4n) is 3.46. The number of rotatable bonds is 6. The standard InChI is InChI=1S/C21H21BrF3N7O3/c1-9(27-20(34)12-5-13(22)7-14(6-12)35-21(23,24)25)19-30-18(11-3-4-11)31-32(19)16-8-15(17(26)33)28-10(2)29-16/h5-11,28H,3-4H2,1-2H3,(H2,26,33)(H,27,34)/t9-,10?/m0/s1. The van der Waals surface area contributed by atoms with Crippen molar-refractivity contribution in [3.63, 3.8) is 0 Å². The van der Waals surface area contributed by atoms with Crippen molar-refractivity contribution in [3.8, 4) is 5.75 Å². The van der Waals surface area contributed by atoms with Gasteiger partial charge >= 0.3 is 6.36 Å².